The fraction of sp³-hybridized carbons (Fsp3) is 0.875. The van der Waals surface area contributed by atoms with Gasteiger partial charge in [-0.1, -0.05) is 37.8 Å². The van der Waals surface area contributed by atoms with Crippen LogP contribution in [0.4, 0.5) is 0 Å². The fourth-order valence-electron chi connectivity index (χ4n) is 3.63. The molecule has 0 amide bonds. The van der Waals surface area contributed by atoms with Gasteiger partial charge in [0.25, 0.3) is 0 Å². The molecule has 0 spiro atoms. The van der Waals surface area contributed by atoms with Crippen LogP contribution in [0.1, 0.15) is 88.8 Å². The highest BCUT2D eigenvalue weighted by atomic mass is 16.5. The number of nitrogens with two attached hydrogens (primary N) is 1. The minimum Gasteiger partial charge on any atom is -0.339 e. The maximum absolute atomic E-state index is 6.53. The third-order valence-corrected chi connectivity index (χ3v) is 5.26. The van der Waals surface area contributed by atoms with E-state index in [0.29, 0.717) is 5.92 Å². The Morgan fingerprint density at radius 3 is 2.35 bits per heavy atom. The zero-order valence-corrected chi connectivity index (χ0v) is 12.6. The van der Waals surface area contributed by atoms with Crippen LogP contribution in [0.2, 0.25) is 0 Å². The van der Waals surface area contributed by atoms with Crippen molar-refractivity contribution in [3.63, 3.8) is 0 Å². The normalized spacial score (nSPS) is 33.0. The van der Waals surface area contributed by atoms with E-state index in [1.807, 2.05) is 0 Å². The van der Waals surface area contributed by atoms with Crippen LogP contribution in [-0.4, -0.2) is 10.1 Å². The number of hydrogen-bond donors (Lipinski definition) is 1. The first-order valence-electron chi connectivity index (χ1n) is 8.30. The Bertz CT molecular complexity index is 427. The molecule has 0 aromatic carbocycles. The lowest BCUT2D eigenvalue weighted by atomic mass is 9.77. The zero-order valence-electron chi connectivity index (χ0n) is 12.6. The molecule has 0 aliphatic heterocycles. The first-order valence-corrected chi connectivity index (χ1v) is 8.30. The second-order valence-electron chi connectivity index (χ2n) is 6.98. The predicted octanol–water partition coefficient (Wildman–Crippen LogP) is 3.87. The van der Waals surface area contributed by atoms with Gasteiger partial charge in [-0.2, -0.15) is 4.98 Å². The molecular formula is C16H27N3O. The summed E-state index contributed by atoms with van der Waals surface area (Å²) in [7, 11) is 0. The molecule has 2 saturated carbocycles. The Morgan fingerprint density at radius 2 is 1.70 bits per heavy atom. The highest BCUT2D eigenvalue weighted by Gasteiger charge is 2.36. The lowest BCUT2D eigenvalue weighted by molar-refractivity contribution is 0.229. The predicted molar refractivity (Wildman–Crippen MR) is 78.2 cm³/mol. The molecule has 20 heavy (non-hydrogen) atoms. The van der Waals surface area contributed by atoms with E-state index in [1.165, 1.54) is 51.4 Å². The van der Waals surface area contributed by atoms with E-state index in [-0.39, 0.29) is 5.54 Å². The third-order valence-electron chi connectivity index (χ3n) is 5.26. The Labute approximate surface area is 121 Å². The molecule has 0 saturated heterocycles. The summed E-state index contributed by atoms with van der Waals surface area (Å²) < 4.78 is 5.56. The molecule has 4 heteroatoms. The van der Waals surface area contributed by atoms with Crippen molar-refractivity contribution in [3.05, 3.63) is 11.7 Å². The molecule has 1 heterocycles. The van der Waals surface area contributed by atoms with Crippen molar-refractivity contribution < 1.29 is 4.52 Å². The highest BCUT2D eigenvalue weighted by molar-refractivity contribution is 5.07. The van der Waals surface area contributed by atoms with Crippen molar-refractivity contribution in [1.82, 2.24) is 10.1 Å². The van der Waals surface area contributed by atoms with Crippen molar-refractivity contribution in [2.24, 2.45) is 11.7 Å². The van der Waals surface area contributed by atoms with Crippen molar-refractivity contribution >= 4 is 0 Å². The maximum atomic E-state index is 6.53. The van der Waals surface area contributed by atoms with Gasteiger partial charge in [0, 0.05) is 5.92 Å². The molecule has 112 valence electrons. The minimum atomic E-state index is -0.348. The monoisotopic (exact) mass is 277 g/mol. The molecule has 2 N–H and O–H groups in total. The molecule has 2 aliphatic carbocycles. The van der Waals surface area contributed by atoms with Gasteiger partial charge in [-0.15, -0.1) is 0 Å². The van der Waals surface area contributed by atoms with Crippen molar-refractivity contribution in [2.75, 3.05) is 0 Å². The van der Waals surface area contributed by atoms with Gasteiger partial charge in [-0.25, -0.2) is 0 Å². The maximum Gasteiger partial charge on any atom is 0.229 e. The van der Waals surface area contributed by atoms with Crippen LogP contribution in [0.3, 0.4) is 0 Å². The molecule has 1 aromatic rings. The van der Waals surface area contributed by atoms with E-state index < -0.39 is 0 Å². The van der Waals surface area contributed by atoms with Crippen LogP contribution in [0, 0.1) is 5.92 Å². The molecular weight excluding hydrogens is 250 g/mol. The van der Waals surface area contributed by atoms with Gasteiger partial charge in [0.1, 0.15) is 0 Å². The van der Waals surface area contributed by atoms with Gasteiger partial charge in [0.05, 0.1) is 5.54 Å². The second-order valence-corrected chi connectivity index (χ2v) is 6.98. The van der Waals surface area contributed by atoms with Gasteiger partial charge in [0.2, 0.25) is 5.89 Å². The lowest BCUT2D eigenvalue weighted by Gasteiger charge is -2.33. The van der Waals surface area contributed by atoms with Gasteiger partial charge >= 0.3 is 0 Å². The Balaban J connectivity index is 1.72. The Kier molecular flexibility index (Phi) is 4.11. The smallest absolute Gasteiger partial charge is 0.229 e. The van der Waals surface area contributed by atoms with Crippen LogP contribution < -0.4 is 5.73 Å². The summed E-state index contributed by atoms with van der Waals surface area (Å²) in [5.41, 5.74) is 6.18. The van der Waals surface area contributed by atoms with Gasteiger partial charge < -0.3 is 10.3 Å². The van der Waals surface area contributed by atoms with E-state index in [0.717, 1.165) is 30.5 Å². The molecule has 3 rings (SSSR count). The molecule has 2 fully saturated rings. The number of rotatable bonds is 2. The molecule has 0 bridgehead atoms. The molecule has 4 nitrogen and oxygen atoms in total. The van der Waals surface area contributed by atoms with E-state index in [1.54, 1.807) is 0 Å². The molecule has 2 aliphatic rings. The Hall–Kier alpha value is -0.900. The summed E-state index contributed by atoms with van der Waals surface area (Å²) in [4.78, 5) is 4.69. The fourth-order valence-corrected chi connectivity index (χ4v) is 3.63. The molecule has 0 atom stereocenters. The largest absolute Gasteiger partial charge is 0.339 e. The first-order chi connectivity index (χ1) is 9.67. The summed E-state index contributed by atoms with van der Waals surface area (Å²) in [5.74, 6) is 2.83. The van der Waals surface area contributed by atoms with E-state index in [4.69, 9.17) is 15.2 Å². The van der Waals surface area contributed by atoms with Crippen LogP contribution >= 0.6 is 0 Å². The van der Waals surface area contributed by atoms with Crippen LogP contribution in [0.15, 0.2) is 4.52 Å². The Morgan fingerprint density at radius 1 is 1.05 bits per heavy atom. The van der Waals surface area contributed by atoms with Crippen LogP contribution in [-0.2, 0) is 5.54 Å². The van der Waals surface area contributed by atoms with E-state index in [9.17, 15) is 0 Å². The van der Waals surface area contributed by atoms with Crippen LogP contribution in [0.25, 0.3) is 0 Å². The molecule has 0 unspecified atom stereocenters. The zero-order chi connectivity index (χ0) is 14.0. The quantitative estimate of drug-likeness (QED) is 0.833. The van der Waals surface area contributed by atoms with Gasteiger partial charge in [-0.05, 0) is 44.4 Å². The summed E-state index contributed by atoms with van der Waals surface area (Å²) in [6.07, 6.45) is 11.9. The van der Waals surface area contributed by atoms with Gasteiger partial charge in [-0.3, -0.25) is 0 Å². The summed E-state index contributed by atoms with van der Waals surface area (Å²) in [6.45, 7) is 2.30. The summed E-state index contributed by atoms with van der Waals surface area (Å²) in [5, 5.41) is 4.23. The summed E-state index contributed by atoms with van der Waals surface area (Å²) >= 11 is 0. The van der Waals surface area contributed by atoms with Crippen LogP contribution in [0.5, 0.6) is 0 Å². The molecule has 1 aromatic heterocycles. The average molecular weight is 277 g/mol. The van der Waals surface area contributed by atoms with Gasteiger partial charge in [0.15, 0.2) is 5.82 Å². The SMILES string of the molecule is CC1CCC(N)(c2noc(C3CCCCCC3)n2)CC1. The minimum absolute atomic E-state index is 0.348. The highest BCUT2D eigenvalue weighted by Crippen LogP contribution is 2.37. The molecule has 0 radical (unpaired) electrons. The first kappa shape index (κ1) is 14.1. The number of hydrogen-bond acceptors (Lipinski definition) is 4. The van der Waals surface area contributed by atoms with Crippen molar-refractivity contribution in [3.8, 4) is 0 Å². The van der Waals surface area contributed by atoms with Crippen molar-refractivity contribution in [2.45, 2.75) is 82.6 Å². The topological polar surface area (TPSA) is 64.9 Å². The van der Waals surface area contributed by atoms with E-state index >= 15 is 0 Å². The average Bonchev–Trinajstić information content (AvgIpc) is 2.80. The summed E-state index contributed by atoms with van der Waals surface area (Å²) in [6, 6.07) is 0. The number of aromatic nitrogens is 2. The third kappa shape index (κ3) is 2.90. The lowest BCUT2D eigenvalue weighted by Crippen LogP contribution is -2.41. The number of nitrogens with zero attached hydrogens (tertiary/aromatic N) is 2. The standard InChI is InChI=1S/C16H27N3O/c1-12-8-10-16(17,11-9-12)15-18-14(20-19-15)13-6-4-2-3-5-7-13/h12-13H,2-11,17H2,1H3. The van der Waals surface area contributed by atoms with Crippen molar-refractivity contribution in [1.29, 1.82) is 0 Å². The van der Waals surface area contributed by atoms with E-state index in [2.05, 4.69) is 12.1 Å². The second kappa shape index (κ2) is 5.84.